The Labute approximate surface area is 188 Å². The Morgan fingerprint density at radius 1 is 1.13 bits per heavy atom. The maximum Gasteiger partial charge on any atom is 0.224 e. The number of carbonyl (C=O) groups excluding carboxylic acids is 1. The Morgan fingerprint density at radius 3 is 2.71 bits per heavy atom. The van der Waals surface area contributed by atoms with Gasteiger partial charge in [-0.1, -0.05) is 12.1 Å². The van der Waals surface area contributed by atoms with Gasteiger partial charge in [-0.3, -0.25) is 9.79 Å². The lowest BCUT2D eigenvalue weighted by Gasteiger charge is -2.38. The van der Waals surface area contributed by atoms with Crippen LogP contribution in [-0.4, -0.2) is 75.1 Å². The van der Waals surface area contributed by atoms with Gasteiger partial charge in [-0.25, -0.2) is 0 Å². The van der Waals surface area contributed by atoms with Crippen molar-refractivity contribution in [3.63, 3.8) is 0 Å². The zero-order chi connectivity index (χ0) is 21.6. The van der Waals surface area contributed by atoms with Gasteiger partial charge in [-0.05, 0) is 35.6 Å². The predicted octanol–water partition coefficient (Wildman–Crippen LogP) is 2.43. The Balaban J connectivity index is 1.23. The van der Waals surface area contributed by atoms with E-state index in [1.807, 2.05) is 23.1 Å². The molecule has 1 N–H and O–H groups in total. The molecule has 1 saturated heterocycles. The largest absolute Gasteiger partial charge is 0.495 e. The fourth-order valence-corrected chi connectivity index (χ4v) is 5.17. The highest BCUT2D eigenvalue weighted by molar-refractivity contribution is 7.10. The third-order valence-electron chi connectivity index (χ3n) is 6.00. The van der Waals surface area contributed by atoms with E-state index in [1.165, 1.54) is 10.4 Å². The lowest BCUT2D eigenvalue weighted by atomic mass is 10.1. The fraction of sp³-hybridized carbons (Fsp3) is 0.478. The molecule has 0 unspecified atom stereocenters. The first-order valence-electron chi connectivity index (χ1n) is 10.9. The van der Waals surface area contributed by atoms with Crippen LogP contribution in [0.4, 0.5) is 5.69 Å². The molecule has 3 heterocycles. The summed E-state index contributed by atoms with van der Waals surface area (Å²) in [5.41, 5.74) is 2.44. The first-order valence-corrected chi connectivity index (χ1v) is 11.7. The Hall–Kier alpha value is -2.74. The molecule has 1 aromatic heterocycles. The van der Waals surface area contributed by atoms with Crippen LogP contribution in [-0.2, 0) is 17.8 Å². The Bertz CT molecular complexity index is 920. The minimum absolute atomic E-state index is 0.209. The summed E-state index contributed by atoms with van der Waals surface area (Å²) in [6.07, 6.45) is 1.46. The van der Waals surface area contributed by atoms with Crippen LogP contribution < -0.4 is 15.0 Å². The van der Waals surface area contributed by atoms with Gasteiger partial charge in [0.2, 0.25) is 5.91 Å². The van der Waals surface area contributed by atoms with Gasteiger partial charge in [0.15, 0.2) is 5.96 Å². The summed E-state index contributed by atoms with van der Waals surface area (Å²) in [7, 11) is 3.52. The second-order valence-electron chi connectivity index (χ2n) is 7.80. The molecule has 1 amide bonds. The van der Waals surface area contributed by atoms with E-state index in [-0.39, 0.29) is 5.91 Å². The first kappa shape index (κ1) is 21.5. The van der Waals surface area contributed by atoms with Crippen LogP contribution in [0, 0.1) is 0 Å². The fourth-order valence-electron chi connectivity index (χ4n) is 4.28. The van der Waals surface area contributed by atoms with Crippen molar-refractivity contribution in [2.75, 3.05) is 58.3 Å². The average Bonchev–Trinajstić information content (AvgIpc) is 3.30. The SMILES string of the molecule is CN=C(NCCC(=O)N1CCc2sccc2C1)N1CCN(c2ccccc2OC)CC1. The lowest BCUT2D eigenvalue weighted by Crippen LogP contribution is -2.53. The van der Waals surface area contributed by atoms with Crippen molar-refractivity contribution < 1.29 is 9.53 Å². The van der Waals surface area contributed by atoms with Crippen molar-refractivity contribution in [3.8, 4) is 5.75 Å². The zero-order valence-electron chi connectivity index (χ0n) is 18.3. The molecule has 31 heavy (non-hydrogen) atoms. The summed E-state index contributed by atoms with van der Waals surface area (Å²) in [6.45, 7) is 5.72. The van der Waals surface area contributed by atoms with Crippen molar-refractivity contribution in [2.45, 2.75) is 19.4 Å². The molecule has 0 aliphatic carbocycles. The number of ether oxygens (including phenoxy) is 1. The van der Waals surface area contributed by atoms with E-state index in [1.54, 1.807) is 25.5 Å². The standard InChI is InChI=1S/C23H31N5O2S/c1-24-23(25-10-7-22(29)28-11-8-21-18(17-28)9-16-31-21)27-14-12-26(13-15-27)19-5-3-4-6-20(19)30-2/h3-6,9,16H,7-8,10-15,17H2,1-2H3,(H,24,25). The van der Waals surface area contributed by atoms with E-state index in [0.29, 0.717) is 13.0 Å². The third-order valence-corrected chi connectivity index (χ3v) is 7.02. The second kappa shape index (κ2) is 10.0. The third kappa shape index (κ3) is 4.95. The number of nitrogens with one attached hydrogen (secondary N) is 1. The Morgan fingerprint density at radius 2 is 1.94 bits per heavy atom. The summed E-state index contributed by atoms with van der Waals surface area (Å²) in [6, 6.07) is 10.3. The van der Waals surface area contributed by atoms with E-state index in [2.05, 4.69) is 37.6 Å². The maximum atomic E-state index is 12.7. The number of thiophene rings is 1. The monoisotopic (exact) mass is 441 g/mol. The highest BCUT2D eigenvalue weighted by atomic mass is 32.1. The molecule has 0 spiro atoms. The average molecular weight is 442 g/mol. The molecule has 2 aliphatic rings. The molecular formula is C23H31N5O2S. The molecule has 4 rings (SSSR count). The molecule has 0 atom stereocenters. The van der Waals surface area contributed by atoms with Crippen LogP contribution in [0.1, 0.15) is 16.9 Å². The van der Waals surface area contributed by atoms with E-state index >= 15 is 0 Å². The first-order chi connectivity index (χ1) is 15.2. The smallest absolute Gasteiger partial charge is 0.224 e. The molecule has 7 nitrogen and oxygen atoms in total. The van der Waals surface area contributed by atoms with E-state index < -0.39 is 0 Å². The molecular weight excluding hydrogens is 410 g/mol. The van der Waals surface area contributed by atoms with Gasteiger partial charge < -0.3 is 24.8 Å². The Kier molecular flexibility index (Phi) is 6.96. The topological polar surface area (TPSA) is 60.4 Å². The summed E-state index contributed by atoms with van der Waals surface area (Å²) >= 11 is 1.80. The van der Waals surface area contributed by atoms with Crippen molar-refractivity contribution >= 4 is 28.9 Å². The lowest BCUT2D eigenvalue weighted by molar-refractivity contribution is -0.131. The van der Waals surface area contributed by atoms with Crippen LogP contribution in [0.3, 0.4) is 0 Å². The van der Waals surface area contributed by atoms with Gasteiger partial charge in [-0.15, -0.1) is 11.3 Å². The van der Waals surface area contributed by atoms with Crippen molar-refractivity contribution in [1.29, 1.82) is 0 Å². The number of carbonyl (C=O) groups is 1. The van der Waals surface area contributed by atoms with Gasteiger partial charge >= 0.3 is 0 Å². The second-order valence-corrected chi connectivity index (χ2v) is 8.80. The molecule has 0 radical (unpaired) electrons. The quantitative estimate of drug-likeness (QED) is 0.571. The summed E-state index contributed by atoms with van der Waals surface area (Å²) in [5.74, 6) is 1.98. The number of amides is 1. The number of benzene rings is 1. The molecule has 1 aromatic carbocycles. The van der Waals surface area contributed by atoms with Crippen LogP contribution in [0.25, 0.3) is 0 Å². The van der Waals surface area contributed by atoms with Crippen molar-refractivity contribution in [2.24, 2.45) is 4.99 Å². The van der Waals surface area contributed by atoms with Crippen molar-refractivity contribution in [3.05, 3.63) is 46.2 Å². The van der Waals surface area contributed by atoms with Gasteiger partial charge in [-0.2, -0.15) is 0 Å². The molecule has 166 valence electrons. The van der Waals surface area contributed by atoms with Crippen molar-refractivity contribution in [1.82, 2.24) is 15.1 Å². The molecule has 1 fully saturated rings. The van der Waals surface area contributed by atoms with Gasteiger partial charge in [0.25, 0.3) is 0 Å². The number of guanidine groups is 1. The molecule has 0 bridgehead atoms. The molecule has 8 heteroatoms. The number of fused-ring (bicyclic) bond motifs is 1. The summed E-state index contributed by atoms with van der Waals surface area (Å²) in [4.78, 5) is 25.1. The van der Waals surface area contributed by atoms with E-state index in [9.17, 15) is 4.79 Å². The number of rotatable bonds is 5. The molecule has 0 saturated carbocycles. The minimum Gasteiger partial charge on any atom is -0.495 e. The summed E-state index contributed by atoms with van der Waals surface area (Å²) < 4.78 is 5.51. The number of methoxy groups -OCH3 is 1. The molecule has 2 aromatic rings. The number of anilines is 1. The number of hydrogen-bond acceptors (Lipinski definition) is 5. The van der Waals surface area contributed by atoms with Gasteiger partial charge in [0.05, 0.1) is 12.8 Å². The number of aliphatic imine (C=N–C) groups is 1. The maximum absolute atomic E-state index is 12.7. The van der Waals surface area contributed by atoms with Gasteiger partial charge in [0, 0.05) is 64.2 Å². The number of piperazine rings is 1. The highest BCUT2D eigenvalue weighted by Crippen LogP contribution is 2.28. The number of hydrogen-bond donors (Lipinski definition) is 1. The summed E-state index contributed by atoms with van der Waals surface area (Å²) in [5, 5.41) is 5.51. The highest BCUT2D eigenvalue weighted by Gasteiger charge is 2.23. The number of nitrogens with zero attached hydrogens (tertiary/aromatic N) is 4. The minimum atomic E-state index is 0.209. The van der Waals surface area contributed by atoms with Crippen LogP contribution >= 0.6 is 11.3 Å². The van der Waals surface area contributed by atoms with E-state index in [4.69, 9.17) is 4.74 Å². The predicted molar refractivity (Wildman–Crippen MR) is 126 cm³/mol. The zero-order valence-corrected chi connectivity index (χ0v) is 19.2. The van der Waals surface area contributed by atoms with Gasteiger partial charge in [0.1, 0.15) is 5.75 Å². The normalized spacial score (nSPS) is 16.8. The molecule has 2 aliphatic heterocycles. The number of para-hydroxylation sites is 2. The van der Waals surface area contributed by atoms with Crippen LogP contribution in [0.5, 0.6) is 5.75 Å². The van der Waals surface area contributed by atoms with E-state index in [0.717, 1.165) is 63.1 Å². The van der Waals surface area contributed by atoms with Crippen LogP contribution in [0.2, 0.25) is 0 Å². The van der Waals surface area contributed by atoms with Crippen LogP contribution in [0.15, 0.2) is 40.7 Å².